The van der Waals surface area contributed by atoms with Gasteiger partial charge in [-0.05, 0) is 43.2 Å². The number of imide groups is 1. The molecule has 18 heavy (non-hydrogen) atoms. The molecule has 3 unspecified atom stereocenters. The molecule has 4 rings (SSSR count). The van der Waals surface area contributed by atoms with Crippen molar-refractivity contribution in [2.45, 2.75) is 31.7 Å². The first-order valence-corrected chi connectivity index (χ1v) is 6.72. The van der Waals surface area contributed by atoms with E-state index in [2.05, 4.69) is 0 Å². The molecule has 3 atom stereocenters. The first-order chi connectivity index (χ1) is 8.75. The molecular formula is C15H15NO2. The molecule has 1 heterocycles. The van der Waals surface area contributed by atoms with Crippen LogP contribution in [-0.4, -0.2) is 22.8 Å². The van der Waals surface area contributed by atoms with E-state index >= 15 is 0 Å². The maximum absolute atomic E-state index is 12.4. The fourth-order valence-electron chi connectivity index (χ4n) is 4.04. The minimum atomic E-state index is -0.0758. The molecule has 2 aliphatic carbocycles. The third-order valence-electron chi connectivity index (χ3n) is 4.86. The predicted molar refractivity (Wildman–Crippen MR) is 66.2 cm³/mol. The minimum absolute atomic E-state index is 0.0758. The van der Waals surface area contributed by atoms with Crippen LogP contribution >= 0.6 is 0 Å². The van der Waals surface area contributed by atoms with Gasteiger partial charge in [0.1, 0.15) is 0 Å². The van der Waals surface area contributed by atoms with Crippen molar-refractivity contribution in [2.24, 2.45) is 11.8 Å². The molecular weight excluding hydrogens is 226 g/mol. The van der Waals surface area contributed by atoms with Gasteiger partial charge in [-0.25, -0.2) is 0 Å². The summed E-state index contributed by atoms with van der Waals surface area (Å²) in [4.78, 5) is 26.3. The van der Waals surface area contributed by atoms with E-state index in [9.17, 15) is 9.59 Å². The van der Waals surface area contributed by atoms with Crippen LogP contribution in [-0.2, 0) is 0 Å². The van der Waals surface area contributed by atoms with Gasteiger partial charge in [0.05, 0.1) is 11.1 Å². The summed E-state index contributed by atoms with van der Waals surface area (Å²) >= 11 is 0. The fraction of sp³-hybridized carbons (Fsp3) is 0.467. The van der Waals surface area contributed by atoms with Gasteiger partial charge in [0.25, 0.3) is 11.8 Å². The number of nitrogens with zero attached hydrogens (tertiary/aromatic N) is 1. The Balaban J connectivity index is 1.72. The number of benzene rings is 1. The van der Waals surface area contributed by atoms with Crippen molar-refractivity contribution in [3.05, 3.63) is 35.4 Å². The van der Waals surface area contributed by atoms with Crippen LogP contribution in [0.1, 0.15) is 46.4 Å². The smallest absolute Gasteiger partial charge is 0.261 e. The lowest BCUT2D eigenvalue weighted by molar-refractivity contribution is 0.0530. The molecule has 0 aromatic heterocycles. The highest BCUT2D eigenvalue weighted by Crippen LogP contribution is 2.48. The Hall–Kier alpha value is -1.64. The molecule has 0 saturated heterocycles. The quantitative estimate of drug-likeness (QED) is 0.708. The van der Waals surface area contributed by atoms with Gasteiger partial charge in [0, 0.05) is 6.04 Å². The maximum Gasteiger partial charge on any atom is 0.261 e. The average molecular weight is 241 g/mol. The van der Waals surface area contributed by atoms with E-state index in [-0.39, 0.29) is 17.9 Å². The molecule has 1 aromatic rings. The number of hydrogen-bond acceptors (Lipinski definition) is 2. The number of rotatable bonds is 1. The molecule has 2 saturated carbocycles. The zero-order valence-electron chi connectivity index (χ0n) is 10.1. The highest BCUT2D eigenvalue weighted by atomic mass is 16.2. The summed E-state index contributed by atoms with van der Waals surface area (Å²) in [7, 11) is 0. The number of carbonyl (C=O) groups is 2. The van der Waals surface area contributed by atoms with Crippen molar-refractivity contribution < 1.29 is 9.59 Å². The molecule has 0 N–H and O–H groups in total. The van der Waals surface area contributed by atoms with Crippen molar-refractivity contribution >= 4 is 11.8 Å². The Morgan fingerprint density at radius 3 is 2.11 bits per heavy atom. The highest BCUT2D eigenvalue weighted by molar-refractivity contribution is 6.21. The van der Waals surface area contributed by atoms with Gasteiger partial charge in [-0.15, -0.1) is 0 Å². The summed E-state index contributed by atoms with van der Waals surface area (Å²) < 4.78 is 0. The van der Waals surface area contributed by atoms with Gasteiger partial charge in [-0.3, -0.25) is 14.5 Å². The van der Waals surface area contributed by atoms with E-state index < -0.39 is 0 Å². The van der Waals surface area contributed by atoms with Crippen LogP contribution in [0.25, 0.3) is 0 Å². The van der Waals surface area contributed by atoms with Crippen LogP contribution in [0.3, 0.4) is 0 Å². The Labute approximate surface area is 106 Å². The summed E-state index contributed by atoms with van der Waals surface area (Å²) in [5, 5.41) is 0. The average Bonchev–Trinajstić information content (AvgIpc) is 3.06. The first-order valence-electron chi connectivity index (χ1n) is 6.72. The molecule has 92 valence electrons. The first kappa shape index (κ1) is 10.3. The molecule has 2 amide bonds. The molecule has 3 heteroatoms. The second kappa shape index (κ2) is 3.44. The van der Waals surface area contributed by atoms with E-state index in [1.807, 2.05) is 12.1 Å². The monoisotopic (exact) mass is 241 g/mol. The van der Waals surface area contributed by atoms with Crippen LogP contribution in [0.4, 0.5) is 0 Å². The van der Waals surface area contributed by atoms with Gasteiger partial charge >= 0.3 is 0 Å². The summed E-state index contributed by atoms with van der Waals surface area (Å²) in [5.41, 5.74) is 1.18. The lowest BCUT2D eigenvalue weighted by Crippen LogP contribution is -2.42. The number of hydrogen-bond donors (Lipinski definition) is 0. The Morgan fingerprint density at radius 1 is 0.944 bits per heavy atom. The zero-order valence-corrected chi connectivity index (χ0v) is 10.1. The second-order valence-electron chi connectivity index (χ2n) is 5.77. The Kier molecular flexibility index (Phi) is 1.97. The lowest BCUT2D eigenvalue weighted by atomic mass is 9.94. The largest absolute Gasteiger partial charge is 0.271 e. The van der Waals surface area contributed by atoms with Crippen LogP contribution in [0.5, 0.6) is 0 Å². The number of fused-ring (bicyclic) bond motifs is 3. The third kappa shape index (κ3) is 1.19. The standard InChI is InChI=1S/C15H15NO2/c17-14-11-3-1-2-4-12(11)15(18)16(14)13-8-9-5-6-10(13)7-9/h1-4,9-10,13H,5-8H2. The SMILES string of the molecule is O=C1c2ccccc2C(=O)N1C1CC2CCC1C2. The Bertz CT molecular complexity index is 516. The molecule has 0 spiro atoms. The zero-order chi connectivity index (χ0) is 12.3. The molecule has 2 fully saturated rings. The lowest BCUT2D eigenvalue weighted by Gasteiger charge is -2.29. The molecule has 3 nitrogen and oxygen atoms in total. The van der Waals surface area contributed by atoms with Gasteiger partial charge in [-0.1, -0.05) is 18.6 Å². The summed E-state index contributed by atoms with van der Waals surface area (Å²) in [5.74, 6) is 1.14. The van der Waals surface area contributed by atoms with Crippen molar-refractivity contribution in [1.29, 1.82) is 0 Å². The second-order valence-corrected chi connectivity index (χ2v) is 5.77. The summed E-state index contributed by atoms with van der Waals surface area (Å²) in [6, 6.07) is 7.35. The normalized spacial score (nSPS) is 33.3. The van der Waals surface area contributed by atoms with E-state index in [0.717, 1.165) is 12.3 Å². The van der Waals surface area contributed by atoms with Crippen molar-refractivity contribution in [2.75, 3.05) is 0 Å². The number of amides is 2. The predicted octanol–water partition coefficient (Wildman–Crippen LogP) is 2.47. The molecule has 1 aromatic carbocycles. The number of carbonyl (C=O) groups excluding carboxylic acids is 2. The topological polar surface area (TPSA) is 37.4 Å². The Morgan fingerprint density at radius 2 is 1.61 bits per heavy atom. The van der Waals surface area contributed by atoms with E-state index in [1.165, 1.54) is 19.3 Å². The maximum atomic E-state index is 12.4. The summed E-state index contributed by atoms with van der Waals surface area (Å²) in [6.45, 7) is 0. The highest BCUT2D eigenvalue weighted by Gasteiger charge is 2.49. The van der Waals surface area contributed by atoms with Gasteiger partial charge in [0.15, 0.2) is 0 Å². The molecule has 2 bridgehead atoms. The van der Waals surface area contributed by atoms with Gasteiger partial charge < -0.3 is 0 Å². The van der Waals surface area contributed by atoms with E-state index in [4.69, 9.17) is 0 Å². The van der Waals surface area contributed by atoms with E-state index in [0.29, 0.717) is 17.0 Å². The fourth-order valence-corrected chi connectivity index (χ4v) is 4.04. The van der Waals surface area contributed by atoms with Crippen molar-refractivity contribution in [3.63, 3.8) is 0 Å². The molecule has 1 aliphatic heterocycles. The van der Waals surface area contributed by atoms with Crippen LogP contribution in [0.15, 0.2) is 24.3 Å². The molecule has 3 aliphatic rings. The van der Waals surface area contributed by atoms with Crippen LogP contribution in [0, 0.1) is 11.8 Å². The van der Waals surface area contributed by atoms with Crippen molar-refractivity contribution in [3.8, 4) is 0 Å². The van der Waals surface area contributed by atoms with E-state index in [1.54, 1.807) is 17.0 Å². The van der Waals surface area contributed by atoms with Gasteiger partial charge in [0.2, 0.25) is 0 Å². The van der Waals surface area contributed by atoms with Gasteiger partial charge in [-0.2, -0.15) is 0 Å². The minimum Gasteiger partial charge on any atom is -0.271 e. The van der Waals surface area contributed by atoms with Crippen molar-refractivity contribution in [1.82, 2.24) is 4.90 Å². The van der Waals surface area contributed by atoms with Crippen LogP contribution in [0.2, 0.25) is 0 Å². The van der Waals surface area contributed by atoms with Crippen LogP contribution < -0.4 is 0 Å². The third-order valence-corrected chi connectivity index (χ3v) is 4.86. The molecule has 0 radical (unpaired) electrons. The summed E-state index contributed by atoms with van der Waals surface area (Å²) in [6.07, 6.45) is 4.70.